The van der Waals surface area contributed by atoms with Crippen LogP contribution in [-0.4, -0.2) is 20.2 Å². The number of rotatable bonds is 7. The van der Waals surface area contributed by atoms with Crippen molar-refractivity contribution in [2.45, 2.75) is 26.7 Å². The highest BCUT2D eigenvalue weighted by Crippen LogP contribution is 2.49. The molecule has 0 unspecified atom stereocenters. The third-order valence-corrected chi connectivity index (χ3v) is 6.87. The minimum absolute atomic E-state index is 0.378. The van der Waals surface area contributed by atoms with Gasteiger partial charge in [-0.1, -0.05) is 44.2 Å². The summed E-state index contributed by atoms with van der Waals surface area (Å²) in [4.78, 5) is 12.5. The number of benzene rings is 3. The van der Waals surface area contributed by atoms with Gasteiger partial charge in [-0.3, -0.25) is 0 Å². The molecule has 0 radical (unpaired) electrons. The molecule has 1 aromatic heterocycles. The van der Waals surface area contributed by atoms with Crippen LogP contribution in [0.1, 0.15) is 36.5 Å². The highest BCUT2D eigenvalue weighted by Gasteiger charge is 2.21. The van der Waals surface area contributed by atoms with Gasteiger partial charge in [0, 0.05) is 21.7 Å². The van der Waals surface area contributed by atoms with Crippen molar-refractivity contribution in [2.24, 2.45) is 0 Å². The molecule has 0 aliphatic carbocycles. The Hall–Kier alpha value is -3.57. The summed E-state index contributed by atoms with van der Waals surface area (Å²) in [6.07, 6.45) is 3.12. The number of thiophene rings is 1. The first kappa shape index (κ1) is 23.6. The van der Waals surface area contributed by atoms with E-state index >= 15 is 0 Å². The van der Waals surface area contributed by atoms with Crippen molar-refractivity contribution in [3.05, 3.63) is 83.4 Å². The topological polar surface area (TPSA) is 44.8 Å². The minimum atomic E-state index is -0.385. The summed E-state index contributed by atoms with van der Waals surface area (Å²) in [5.74, 6) is 2.39. The van der Waals surface area contributed by atoms with Crippen LogP contribution in [0.3, 0.4) is 0 Å². The zero-order chi connectivity index (χ0) is 24.2. The van der Waals surface area contributed by atoms with Crippen LogP contribution in [-0.2, 0) is 9.53 Å². The summed E-state index contributed by atoms with van der Waals surface area (Å²) >= 11 is 1.72. The summed E-state index contributed by atoms with van der Waals surface area (Å²) in [5, 5.41) is 1.05. The molecule has 0 aliphatic heterocycles. The largest absolute Gasteiger partial charge is 0.497 e. The first-order valence-corrected chi connectivity index (χ1v) is 12.0. The van der Waals surface area contributed by atoms with Crippen LogP contribution in [0.5, 0.6) is 17.2 Å². The van der Waals surface area contributed by atoms with Crippen LogP contribution in [0, 0.1) is 6.92 Å². The molecular formula is C29H28O4S. The lowest BCUT2D eigenvalue weighted by molar-refractivity contribution is -0.134. The van der Waals surface area contributed by atoms with Crippen LogP contribution in [0.25, 0.3) is 26.6 Å². The van der Waals surface area contributed by atoms with E-state index < -0.39 is 0 Å². The SMILES string of the molecule is COC(=O)C=Cc1ccc(Oc2c(-c3c(C)cccc3C(C)C)sc3cc(OC)ccc23)cc1. The molecule has 174 valence electrons. The fourth-order valence-corrected chi connectivity index (χ4v) is 5.22. The molecule has 0 bridgehead atoms. The van der Waals surface area contributed by atoms with Gasteiger partial charge < -0.3 is 14.2 Å². The van der Waals surface area contributed by atoms with Crippen molar-refractivity contribution >= 4 is 33.5 Å². The number of esters is 1. The fraction of sp³-hybridized carbons (Fsp3) is 0.207. The van der Waals surface area contributed by atoms with Crippen molar-refractivity contribution in [1.82, 2.24) is 0 Å². The van der Waals surface area contributed by atoms with E-state index in [1.807, 2.05) is 30.3 Å². The Balaban J connectivity index is 1.81. The second-order valence-corrected chi connectivity index (χ2v) is 9.40. The average Bonchev–Trinajstić information content (AvgIpc) is 3.19. The molecule has 0 saturated carbocycles. The van der Waals surface area contributed by atoms with Gasteiger partial charge in [-0.25, -0.2) is 4.79 Å². The van der Waals surface area contributed by atoms with Crippen molar-refractivity contribution in [2.75, 3.05) is 14.2 Å². The maximum atomic E-state index is 11.4. The maximum absolute atomic E-state index is 11.4. The minimum Gasteiger partial charge on any atom is -0.497 e. The quantitative estimate of drug-likeness (QED) is 0.202. The highest BCUT2D eigenvalue weighted by molar-refractivity contribution is 7.22. The summed E-state index contributed by atoms with van der Waals surface area (Å²) in [6, 6.07) is 20.2. The van der Waals surface area contributed by atoms with Crippen LogP contribution in [0.4, 0.5) is 0 Å². The zero-order valence-corrected chi connectivity index (χ0v) is 20.9. The first-order chi connectivity index (χ1) is 16.4. The van der Waals surface area contributed by atoms with Gasteiger partial charge in [-0.2, -0.15) is 0 Å². The zero-order valence-electron chi connectivity index (χ0n) is 20.0. The Morgan fingerprint density at radius 2 is 1.71 bits per heavy atom. The number of ether oxygens (including phenoxy) is 3. The van der Waals surface area contributed by atoms with Gasteiger partial charge >= 0.3 is 5.97 Å². The monoisotopic (exact) mass is 472 g/mol. The highest BCUT2D eigenvalue weighted by atomic mass is 32.1. The molecule has 0 spiro atoms. The van der Waals surface area contributed by atoms with Gasteiger partial charge in [-0.15, -0.1) is 11.3 Å². The Labute approximate surface area is 204 Å². The summed E-state index contributed by atoms with van der Waals surface area (Å²) < 4.78 is 17.8. The molecule has 0 atom stereocenters. The second kappa shape index (κ2) is 10.1. The third kappa shape index (κ3) is 4.85. The lowest BCUT2D eigenvalue weighted by Gasteiger charge is -2.16. The number of carbonyl (C=O) groups is 1. The fourth-order valence-electron chi connectivity index (χ4n) is 3.93. The van der Waals surface area contributed by atoms with E-state index in [0.717, 1.165) is 37.8 Å². The average molecular weight is 473 g/mol. The van der Waals surface area contributed by atoms with E-state index in [-0.39, 0.29) is 5.97 Å². The number of fused-ring (bicyclic) bond motifs is 1. The van der Waals surface area contributed by atoms with Gasteiger partial charge in [0.25, 0.3) is 0 Å². The van der Waals surface area contributed by atoms with Crippen molar-refractivity contribution in [1.29, 1.82) is 0 Å². The standard InChI is InChI=1S/C29H28O4S/c1-18(2)23-8-6-7-19(3)27(23)29-28(24-15-14-22(31-4)17-25(24)34-29)33-21-12-9-20(10-13-21)11-16-26(30)32-5/h6-18H,1-5H3. The van der Waals surface area contributed by atoms with E-state index in [2.05, 4.69) is 55.8 Å². The Morgan fingerprint density at radius 3 is 2.38 bits per heavy atom. The Bertz CT molecular complexity index is 1350. The number of aryl methyl sites for hydroxylation is 1. The third-order valence-electron chi connectivity index (χ3n) is 5.72. The number of hydrogen-bond acceptors (Lipinski definition) is 5. The van der Waals surface area contributed by atoms with E-state index in [1.165, 1.54) is 29.9 Å². The predicted molar refractivity (Wildman–Crippen MR) is 140 cm³/mol. The molecule has 5 heteroatoms. The lowest BCUT2D eigenvalue weighted by Crippen LogP contribution is -1.95. The normalized spacial score (nSPS) is 11.4. The maximum Gasteiger partial charge on any atom is 0.330 e. The molecule has 3 aromatic carbocycles. The van der Waals surface area contributed by atoms with E-state index in [9.17, 15) is 4.79 Å². The predicted octanol–water partition coefficient (Wildman–Crippen LogP) is 7.99. The van der Waals surface area contributed by atoms with E-state index in [4.69, 9.17) is 9.47 Å². The summed E-state index contributed by atoms with van der Waals surface area (Å²) in [5.41, 5.74) is 4.63. The van der Waals surface area contributed by atoms with Gasteiger partial charge in [0.05, 0.1) is 19.1 Å². The van der Waals surface area contributed by atoms with Crippen LogP contribution < -0.4 is 9.47 Å². The molecule has 34 heavy (non-hydrogen) atoms. The molecule has 1 heterocycles. The molecular weight excluding hydrogens is 444 g/mol. The van der Waals surface area contributed by atoms with E-state index in [1.54, 1.807) is 24.5 Å². The number of carbonyl (C=O) groups excluding carboxylic acids is 1. The Kier molecular flexibility index (Phi) is 7.03. The molecule has 0 fully saturated rings. The molecule has 0 saturated heterocycles. The van der Waals surface area contributed by atoms with Gasteiger partial charge in [-0.05, 0) is 65.9 Å². The van der Waals surface area contributed by atoms with Gasteiger partial charge in [0.15, 0.2) is 5.75 Å². The molecule has 4 aromatic rings. The first-order valence-electron chi connectivity index (χ1n) is 11.2. The van der Waals surface area contributed by atoms with Gasteiger partial charge in [0.1, 0.15) is 11.5 Å². The van der Waals surface area contributed by atoms with Crippen molar-refractivity contribution in [3.63, 3.8) is 0 Å². The molecule has 0 amide bonds. The van der Waals surface area contributed by atoms with E-state index in [0.29, 0.717) is 5.92 Å². The van der Waals surface area contributed by atoms with Crippen LogP contribution in [0.2, 0.25) is 0 Å². The number of hydrogen-bond donors (Lipinski definition) is 0. The summed E-state index contributed by atoms with van der Waals surface area (Å²) in [7, 11) is 3.04. The molecule has 0 N–H and O–H groups in total. The van der Waals surface area contributed by atoms with Crippen LogP contribution >= 0.6 is 11.3 Å². The summed E-state index contributed by atoms with van der Waals surface area (Å²) in [6.45, 7) is 6.59. The second-order valence-electron chi connectivity index (χ2n) is 8.34. The molecule has 4 nitrogen and oxygen atoms in total. The van der Waals surface area contributed by atoms with Crippen LogP contribution in [0.15, 0.2) is 66.7 Å². The Morgan fingerprint density at radius 1 is 0.971 bits per heavy atom. The molecule has 0 aliphatic rings. The molecule has 4 rings (SSSR count). The number of methoxy groups -OCH3 is 2. The lowest BCUT2D eigenvalue weighted by atomic mass is 9.92. The van der Waals surface area contributed by atoms with Crippen molar-refractivity contribution in [3.8, 4) is 27.7 Å². The smallest absolute Gasteiger partial charge is 0.330 e. The van der Waals surface area contributed by atoms with Gasteiger partial charge in [0.2, 0.25) is 0 Å². The van der Waals surface area contributed by atoms with Crippen molar-refractivity contribution < 1.29 is 19.0 Å².